The molecule has 1 aliphatic rings. The number of thiazole rings is 1. The largest absolute Gasteiger partial charge is 0.367 e. The molecule has 158 valence electrons. The normalized spacial score (nSPS) is 16.0. The number of pyridine rings is 1. The van der Waals surface area contributed by atoms with Crippen molar-refractivity contribution in [3.63, 3.8) is 0 Å². The van der Waals surface area contributed by atoms with Gasteiger partial charge in [-0.15, -0.1) is 11.3 Å². The lowest BCUT2D eigenvalue weighted by atomic mass is 10.0. The first-order chi connectivity index (χ1) is 15.1. The number of carbonyl (C=O) groups is 1. The molecule has 8 heteroatoms. The fourth-order valence-electron chi connectivity index (χ4n) is 3.84. The summed E-state index contributed by atoms with van der Waals surface area (Å²) in [5.41, 5.74) is 1.68. The second-order valence-corrected chi connectivity index (χ2v) is 8.66. The average molecular weight is 436 g/mol. The van der Waals surface area contributed by atoms with Crippen LogP contribution in [0.4, 0.5) is 10.2 Å². The summed E-state index contributed by atoms with van der Waals surface area (Å²) in [5.74, 6) is 0.0995. The maximum atomic E-state index is 13.5. The zero-order valence-corrected chi connectivity index (χ0v) is 18.0. The summed E-state index contributed by atoms with van der Waals surface area (Å²) in [6.45, 7) is 3.03. The molecule has 2 aromatic heterocycles. The molecule has 0 unspecified atom stereocenters. The molecule has 4 rings (SSSR count). The van der Waals surface area contributed by atoms with Gasteiger partial charge in [-0.05, 0) is 56.0 Å². The van der Waals surface area contributed by atoms with E-state index in [0.29, 0.717) is 30.2 Å². The van der Waals surface area contributed by atoms with Gasteiger partial charge in [0, 0.05) is 25.3 Å². The number of halogens is 1. The Labute approximate surface area is 184 Å². The first-order valence-electron chi connectivity index (χ1n) is 10.2. The first-order valence-corrected chi connectivity index (χ1v) is 11.0. The Kier molecular flexibility index (Phi) is 6.23. The van der Waals surface area contributed by atoms with Gasteiger partial charge >= 0.3 is 0 Å². The Morgan fingerprint density at radius 1 is 1.32 bits per heavy atom. The van der Waals surface area contributed by atoms with Gasteiger partial charge < -0.3 is 10.2 Å². The minimum atomic E-state index is -0.314. The fraction of sp³-hybridized carbons (Fsp3) is 0.304. The van der Waals surface area contributed by atoms with E-state index < -0.39 is 0 Å². The van der Waals surface area contributed by atoms with Crippen LogP contribution in [0, 0.1) is 24.1 Å². The number of hydrogen-bond donors (Lipinski definition) is 1. The number of likely N-dealkylation sites (tertiary alicyclic amines) is 1. The van der Waals surface area contributed by atoms with Crippen LogP contribution in [0.3, 0.4) is 0 Å². The smallest absolute Gasteiger partial charge is 0.274 e. The number of carbonyl (C=O) groups excluding carboxylic acids is 1. The van der Waals surface area contributed by atoms with E-state index in [1.54, 1.807) is 30.5 Å². The van der Waals surface area contributed by atoms with Gasteiger partial charge in [-0.1, -0.05) is 12.1 Å². The minimum absolute atomic E-state index is 0.0297. The van der Waals surface area contributed by atoms with Gasteiger partial charge in [-0.25, -0.2) is 14.4 Å². The predicted octanol–water partition coefficient (Wildman–Crippen LogP) is 4.63. The second-order valence-electron chi connectivity index (χ2n) is 7.46. The number of benzene rings is 1. The number of aromatic nitrogens is 2. The third-order valence-electron chi connectivity index (χ3n) is 5.36. The maximum Gasteiger partial charge on any atom is 0.274 e. The summed E-state index contributed by atoms with van der Waals surface area (Å²) in [5, 5.41) is 13.3. The highest BCUT2D eigenvalue weighted by atomic mass is 32.1. The van der Waals surface area contributed by atoms with Crippen molar-refractivity contribution < 1.29 is 9.18 Å². The molecule has 0 spiro atoms. The van der Waals surface area contributed by atoms with Gasteiger partial charge in [0.1, 0.15) is 23.4 Å². The highest BCUT2D eigenvalue weighted by Gasteiger charge is 2.31. The van der Waals surface area contributed by atoms with Crippen LogP contribution in [0.2, 0.25) is 0 Å². The lowest BCUT2D eigenvalue weighted by molar-refractivity contribution is 0.0623. The summed E-state index contributed by atoms with van der Waals surface area (Å²) >= 11 is 1.44. The number of rotatable bonds is 5. The molecule has 3 heterocycles. The molecule has 1 N–H and O–H groups in total. The molecule has 0 radical (unpaired) electrons. The maximum absolute atomic E-state index is 13.5. The van der Waals surface area contributed by atoms with Crippen molar-refractivity contribution in [3.8, 4) is 16.5 Å². The number of anilines is 1. The number of hydrogen-bond acceptors (Lipinski definition) is 6. The van der Waals surface area contributed by atoms with E-state index >= 15 is 0 Å². The molecule has 1 saturated heterocycles. The Bertz CT molecular complexity index is 1120. The zero-order valence-electron chi connectivity index (χ0n) is 17.1. The highest BCUT2D eigenvalue weighted by molar-refractivity contribution is 7.15. The standard InChI is InChI=1S/C23H22FN5OS/c1-15-28-20(21(31-15)16-7-9-18(24)10-8-16)23(30)29-12-3-2-6-19(29)14-27-22-17(13-25)5-4-11-26-22/h4-5,7-11,19H,2-3,6,12,14H2,1H3,(H,26,27)/t19-/m0/s1. The number of piperidine rings is 1. The van der Waals surface area contributed by atoms with Crippen LogP contribution in [0.5, 0.6) is 0 Å². The van der Waals surface area contributed by atoms with Crippen LogP contribution in [0.1, 0.15) is 40.3 Å². The number of nitrogens with one attached hydrogen (secondary N) is 1. The van der Waals surface area contributed by atoms with Crippen molar-refractivity contribution >= 4 is 23.1 Å². The zero-order chi connectivity index (χ0) is 21.8. The summed E-state index contributed by atoms with van der Waals surface area (Å²) < 4.78 is 13.4. The van der Waals surface area contributed by atoms with Crippen LogP contribution in [-0.4, -0.2) is 39.9 Å². The predicted molar refractivity (Wildman–Crippen MR) is 118 cm³/mol. The minimum Gasteiger partial charge on any atom is -0.367 e. The van der Waals surface area contributed by atoms with Crippen molar-refractivity contribution in [2.75, 3.05) is 18.4 Å². The molecule has 0 saturated carbocycles. The van der Waals surface area contributed by atoms with E-state index in [0.717, 1.165) is 34.7 Å². The SMILES string of the molecule is Cc1nc(C(=O)N2CCCC[C@H]2CNc2ncccc2C#N)c(-c2ccc(F)cc2)s1. The monoisotopic (exact) mass is 435 g/mol. The van der Waals surface area contributed by atoms with Crippen LogP contribution in [0.25, 0.3) is 10.4 Å². The third kappa shape index (κ3) is 4.57. The molecule has 0 aliphatic carbocycles. The van der Waals surface area contributed by atoms with Gasteiger partial charge in [0.25, 0.3) is 5.91 Å². The topological polar surface area (TPSA) is 81.9 Å². The molecule has 31 heavy (non-hydrogen) atoms. The molecule has 1 amide bonds. The van der Waals surface area contributed by atoms with Gasteiger partial charge in [-0.2, -0.15) is 5.26 Å². The van der Waals surface area contributed by atoms with E-state index in [4.69, 9.17) is 0 Å². The Hall–Kier alpha value is -3.31. The van der Waals surface area contributed by atoms with E-state index in [9.17, 15) is 14.4 Å². The Morgan fingerprint density at radius 2 is 2.13 bits per heavy atom. The molecule has 1 fully saturated rings. The quantitative estimate of drug-likeness (QED) is 0.632. The summed E-state index contributed by atoms with van der Waals surface area (Å²) in [6.07, 6.45) is 4.47. The molecular formula is C23H22FN5OS. The number of nitrogens with zero attached hydrogens (tertiary/aromatic N) is 4. The molecule has 0 bridgehead atoms. The van der Waals surface area contributed by atoms with E-state index in [-0.39, 0.29) is 17.8 Å². The summed E-state index contributed by atoms with van der Waals surface area (Å²) in [6, 6.07) is 11.7. The van der Waals surface area contributed by atoms with E-state index in [1.165, 1.54) is 23.5 Å². The number of aryl methyl sites for hydroxylation is 1. The van der Waals surface area contributed by atoms with Crippen molar-refractivity contribution in [1.29, 1.82) is 5.26 Å². The van der Waals surface area contributed by atoms with Gasteiger partial charge in [0.05, 0.1) is 15.4 Å². The molecule has 1 aliphatic heterocycles. The van der Waals surface area contributed by atoms with Crippen molar-refractivity contribution in [3.05, 3.63) is 64.7 Å². The first kappa shape index (κ1) is 20.9. The van der Waals surface area contributed by atoms with Gasteiger partial charge in [0.2, 0.25) is 0 Å². The van der Waals surface area contributed by atoms with Crippen LogP contribution in [-0.2, 0) is 0 Å². The van der Waals surface area contributed by atoms with Crippen molar-refractivity contribution in [2.24, 2.45) is 0 Å². The number of nitriles is 1. The van der Waals surface area contributed by atoms with Crippen LogP contribution < -0.4 is 5.32 Å². The molecule has 6 nitrogen and oxygen atoms in total. The highest BCUT2D eigenvalue weighted by Crippen LogP contribution is 2.32. The van der Waals surface area contributed by atoms with Gasteiger partial charge in [-0.3, -0.25) is 4.79 Å². The number of amides is 1. The Morgan fingerprint density at radius 3 is 2.90 bits per heavy atom. The molecule has 1 atom stereocenters. The molecule has 1 aromatic carbocycles. The van der Waals surface area contributed by atoms with Crippen LogP contribution in [0.15, 0.2) is 42.6 Å². The van der Waals surface area contributed by atoms with E-state index in [2.05, 4.69) is 21.4 Å². The van der Waals surface area contributed by atoms with Gasteiger partial charge in [0.15, 0.2) is 0 Å². The fourth-order valence-corrected chi connectivity index (χ4v) is 4.75. The van der Waals surface area contributed by atoms with Crippen LogP contribution >= 0.6 is 11.3 Å². The third-order valence-corrected chi connectivity index (χ3v) is 6.38. The average Bonchev–Trinajstić information content (AvgIpc) is 3.19. The lowest BCUT2D eigenvalue weighted by Gasteiger charge is -2.35. The van der Waals surface area contributed by atoms with Crippen molar-refractivity contribution in [1.82, 2.24) is 14.9 Å². The van der Waals surface area contributed by atoms with Crippen molar-refractivity contribution in [2.45, 2.75) is 32.2 Å². The van der Waals surface area contributed by atoms with E-state index in [1.807, 2.05) is 11.8 Å². The molecule has 3 aromatic rings. The molecular weight excluding hydrogens is 413 g/mol. The Balaban J connectivity index is 1.57. The second kappa shape index (κ2) is 9.23. The summed E-state index contributed by atoms with van der Waals surface area (Å²) in [7, 11) is 0. The summed E-state index contributed by atoms with van der Waals surface area (Å²) in [4.78, 5) is 24.9. The lowest BCUT2D eigenvalue weighted by Crippen LogP contribution is -2.47.